The fourth-order valence-corrected chi connectivity index (χ4v) is 2.88. The number of allylic oxidation sites excluding steroid dienone is 3. The fourth-order valence-electron chi connectivity index (χ4n) is 2.88. The van der Waals surface area contributed by atoms with Crippen molar-refractivity contribution in [2.24, 2.45) is 5.41 Å². The van der Waals surface area contributed by atoms with Crippen LogP contribution in [0.3, 0.4) is 0 Å². The number of esters is 2. The lowest BCUT2D eigenvalue weighted by atomic mass is 9.73. The molecule has 0 heterocycles. The number of hydrogen-bond donors (Lipinski definition) is 0. The van der Waals surface area contributed by atoms with Gasteiger partial charge in [0, 0.05) is 0 Å². The van der Waals surface area contributed by atoms with Crippen LogP contribution >= 0.6 is 0 Å². The highest BCUT2D eigenvalue weighted by Crippen LogP contribution is 2.39. The summed E-state index contributed by atoms with van der Waals surface area (Å²) in [7, 11) is 0. The van der Waals surface area contributed by atoms with Crippen LogP contribution < -0.4 is 0 Å². The van der Waals surface area contributed by atoms with Gasteiger partial charge in [0.1, 0.15) is 0 Å². The monoisotopic (exact) mass is 328 g/mol. The van der Waals surface area contributed by atoms with Gasteiger partial charge in [-0.05, 0) is 38.7 Å². The molecule has 0 saturated heterocycles. The molecule has 1 aliphatic carbocycles. The minimum atomic E-state index is -1.23. The van der Waals surface area contributed by atoms with E-state index in [4.69, 9.17) is 9.47 Å². The maximum absolute atomic E-state index is 12.5. The van der Waals surface area contributed by atoms with E-state index in [1.807, 2.05) is 42.5 Å². The zero-order chi connectivity index (χ0) is 17.4. The molecule has 0 atom stereocenters. The van der Waals surface area contributed by atoms with E-state index >= 15 is 0 Å². The summed E-state index contributed by atoms with van der Waals surface area (Å²) in [4.78, 5) is 25.0. The zero-order valence-corrected chi connectivity index (χ0v) is 14.3. The van der Waals surface area contributed by atoms with Gasteiger partial charge in [-0.15, -0.1) is 0 Å². The summed E-state index contributed by atoms with van der Waals surface area (Å²) < 4.78 is 10.3. The van der Waals surface area contributed by atoms with Gasteiger partial charge in [0.2, 0.25) is 0 Å². The summed E-state index contributed by atoms with van der Waals surface area (Å²) in [6, 6.07) is 9.91. The lowest BCUT2D eigenvalue weighted by molar-refractivity contribution is -0.173. The van der Waals surface area contributed by atoms with Gasteiger partial charge in [-0.25, -0.2) is 0 Å². The predicted octanol–water partition coefficient (Wildman–Crippen LogP) is 3.92. The first-order chi connectivity index (χ1) is 11.6. The first-order valence-corrected chi connectivity index (χ1v) is 8.39. The predicted molar refractivity (Wildman–Crippen MR) is 93.1 cm³/mol. The molecular formula is C20H24O4. The van der Waals surface area contributed by atoms with Crippen LogP contribution in [0.25, 0.3) is 6.08 Å². The molecule has 0 N–H and O–H groups in total. The highest BCUT2D eigenvalue weighted by Gasteiger charge is 2.49. The summed E-state index contributed by atoms with van der Waals surface area (Å²) in [6.07, 6.45) is 7.39. The molecule has 128 valence electrons. The van der Waals surface area contributed by atoms with Gasteiger partial charge < -0.3 is 9.47 Å². The largest absolute Gasteiger partial charge is 0.465 e. The number of hydrogen-bond acceptors (Lipinski definition) is 4. The second-order valence-corrected chi connectivity index (χ2v) is 5.76. The van der Waals surface area contributed by atoms with Crippen molar-refractivity contribution in [2.45, 2.75) is 33.1 Å². The Morgan fingerprint density at radius 3 is 2.25 bits per heavy atom. The molecule has 4 nitrogen and oxygen atoms in total. The van der Waals surface area contributed by atoms with Crippen LogP contribution in [-0.2, 0) is 19.1 Å². The quantitative estimate of drug-likeness (QED) is 0.586. The lowest BCUT2D eigenvalue weighted by Crippen LogP contribution is -2.43. The molecule has 1 aromatic rings. The van der Waals surface area contributed by atoms with E-state index < -0.39 is 17.4 Å². The van der Waals surface area contributed by atoms with E-state index in [9.17, 15) is 9.59 Å². The summed E-state index contributed by atoms with van der Waals surface area (Å²) in [5.41, 5.74) is 0.796. The number of ether oxygens (including phenoxy) is 2. The van der Waals surface area contributed by atoms with E-state index in [1.165, 1.54) is 0 Å². The first kappa shape index (κ1) is 18.0. The number of rotatable bonds is 6. The normalized spacial score (nSPS) is 16.5. The second kappa shape index (κ2) is 8.48. The van der Waals surface area contributed by atoms with E-state index in [0.29, 0.717) is 19.3 Å². The molecule has 1 aliphatic rings. The highest BCUT2D eigenvalue weighted by atomic mass is 16.6. The third kappa shape index (κ3) is 4.13. The minimum Gasteiger partial charge on any atom is -0.465 e. The van der Waals surface area contributed by atoms with Crippen molar-refractivity contribution in [3.05, 3.63) is 53.6 Å². The molecule has 0 saturated carbocycles. The van der Waals surface area contributed by atoms with Gasteiger partial charge in [0.15, 0.2) is 5.41 Å². The van der Waals surface area contributed by atoms with Gasteiger partial charge in [-0.1, -0.05) is 54.1 Å². The van der Waals surface area contributed by atoms with Crippen LogP contribution in [0.1, 0.15) is 38.7 Å². The molecule has 4 heteroatoms. The van der Waals surface area contributed by atoms with Crippen molar-refractivity contribution >= 4 is 18.0 Å². The van der Waals surface area contributed by atoms with Crippen molar-refractivity contribution in [1.82, 2.24) is 0 Å². The van der Waals surface area contributed by atoms with Crippen molar-refractivity contribution in [3.63, 3.8) is 0 Å². The zero-order valence-electron chi connectivity index (χ0n) is 14.3. The number of benzene rings is 1. The fraction of sp³-hybridized carbons (Fsp3) is 0.400. The van der Waals surface area contributed by atoms with Gasteiger partial charge in [0.05, 0.1) is 13.2 Å². The smallest absolute Gasteiger partial charge is 0.323 e. The van der Waals surface area contributed by atoms with E-state index in [0.717, 1.165) is 11.1 Å². The molecule has 0 aliphatic heterocycles. The highest BCUT2D eigenvalue weighted by molar-refractivity contribution is 6.00. The van der Waals surface area contributed by atoms with E-state index in [-0.39, 0.29) is 13.2 Å². The molecule has 0 fully saturated rings. The van der Waals surface area contributed by atoms with Crippen LogP contribution in [0, 0.1) is 5.41 Å². The molecule has 0 radical (unpaired) electrons. The molecule has 2 rings (SSSR count). The summed E-state index contributed by atoms with van der Waals surface area (Å²) in [5, 5.41) is 0. The average Bonchev–Trinajstić information content (AvgIpc) is 2.61. The summed E-state index contributed by atoms with van der Waals surface area (Å²) >= 11 is 0. The Morgan fingerprint density at radius 1 is 1.04 bits per heavy atom. The molecular weight excluding hydrogens is 304 g/mol. The lowest BCUT2D eigenvalue weighted by Gasteiger charge is -2.32. The Kier molecular flexibility index (Phi) is 6.36. The third-order valence-electron chi connectivity index (χ3n) is 4.11. The van der Waals surface area contributed by atoms with E-state index in [2.05, 4.69) is 6.08 Å². The number of carbonyl (C=O) groups is 2. The molecule has 24 heavy (non-hydrogen) atoms. The SMILES string of the molecule is CCOC(=O)C1(C(=O)OCC)CCC=C(/C=C/c2ccccc2)C1. The Hall–Kier alpha value is -2.36. The van der Waals surface area contributed by atoms with E-state index in [1.54, 1.807) is 13.8 Å². The maximum Gasteiger partial charge on any atom is 0.323 e. The summed E-state index contributed by atoms with van der Waals surface area (Å²) in [5.74, 6) is -0.968. The van der Waals surface area contributed by atoms with Crippen LogP contribution in [0.5, 0.6) is 0 Å². The minimum absolute atomic E-state index is 0.249. The Morgan fingerprint density at radius 2 is 1.67 bits per heavy atom. The van der Waals surface area contributed by atoms with Crippen molar-refractivity contribution in [3.8, 4) is 0 Å². The average molecular weight is 328 g/mol. The Balaban J connectivity index is 2.22. The topological polar surface area (TPSA) is 52.6 Å². The van der Waals surface area contributed by atoms with Crippen LogP contribution in [0.2, 0.25) is 0 Å². The Labute approximate surface area is 143 Å². The van der Waals surface area contributed by atoms with Crippen LogP contribution in [0.4, 0.5) is 0 Å². The molecule has 1 aromatic carbocycles. The van der Waals surface area contributed by atoms with Gasteiger partial charge >= 0.3 is 11.9 Å². The Bertz CT molecular complexity index is 610. The number of carbonyl (C=O) groups excluding carboxylic acids is 2. The first-order valence-electron chi connectivity index (χ1n) is 8.39. The van der Waals surface area contributed by atoms with Crippen LogP contribution in [-0.4, -0.2) is 25.2 Å². The molecule has 0 spiro atoms. The van der Waals surface area contributed by atoms with Gasteiger partial charge in [-0.2, -0.15) is 0 Å². The molecule has 0 amide bonds. The van der Waals surface area contributed by atoms with Gasteiger partial charge in [-0.3, -0.25) is 9.59 Å². The second-order valence-electron chi connectivity index (χ2n) is 5.76. The summed E-state index contributed by atoms with van der Waals surface area (Å²) in [6.45, 7) is 3.98. The molecule has 0 unspecified atom stereocenters. The standard InChI is InChI=1S/C20H24O4/c1-3-23-18(21)20(19(22)24-4-2)14-8-11-17(15-20)13-12-16-9-6-5-7-10-16/h5-7,9-13H,3-4,8,14-15H2,1-2H3/b13-12+. The van der Waals surface area contributed by atoms with Crippen molar-refractivity contribution in [2.75, 3.05) is 13.2 Å². The van der Waals surface area contributed by atoms with Gasteiger partial charge in [0.25, 0.3) is 0 Å². The third-order valence-corrected chi connectivity index (χ3v) is 4.11. The molecule has 0 aromatic heterocycles. The maximum atomic E-state index is 12.5. The van der Waals surface area contributed by atoms with Crippen molar-refractivity contribution < 1.29 is 19.1 Å². The molecule has 0 bridgehead atoms. The van der Waals surface area contributed by atoms with Crippen molar-refractivity contribution in [1.29, 1.82) is 0 Å². The van der Waals surface area contributed by atoms with Crippen LogP contribution in [0.15, 0.2) is 48.1 Å².